The van der Waals surface area contributed by atoms with E-state index in [1.807, 2.05) is 0 Å². The van der Waals surface area contributed by atoms with Crippen LogP contribution in [0.2, 0.25) is 0 Å². The largest absolute Gasteiger partial charge is 0.465 e. The predicted octanol–water partition coefficient (Wildman–Crippen LogP) is 3.58. The number of nitro benzene ring substituents is 1. The minimum absolute atomic E-state index is 0.00347. The molecule has 38 heavy (non-hydrogen) atoms. The van der Waals surface area contributed by atoms with Crippen LogP contribution in [0.5, 0.6) is 0 Å². The highest BCUT2D eigenvalue weighted by molar-refractivity contribution is 7.80. The van der Waals surface area contributed by atoms with Gasteiger partial charge in [0.05, 0.1) is 53.4 Å². The summed E-state index contributed by atoms with van der Waals surface area (Å²) in [5, 5.41) is 17.1. The highest BCUT2D eigenvalue weighted by Gasteiger charge is 2.25. The van der Waals surface area contributed by atoms with E-state index < -0.39 is 16.8 Å². The lowest BCUT2D eigenvalue weighted by Crippen LogP contribution is -2.39. The maximum absolute atomic E-state index is 13.4. The van der Waals surface area contributed by atoms with E-state index in [1.54, 1.807) is 24.3 Å². The van der Waals surface area contributed by atoms with Crippen molar-refractivity contribution < 1.29 is 24.0 Å². The number of anilines is 3. The smallest absolute Gasteiger partial charge is 0.337 e. The molecule has 202 valence electrons. The molecule has 12 heteroatoms. The van der Waals surface area contributed by atoms with E-state index in [1.165, 1.54) is 19.2 Å². The summed E-state index contributed by atoms with van der Waals surface area (Å²) in [6, 6.07) is 9.38. The summed E-state index contributed by atoms with van der Waals surface area (Å²) in [6.45, 7) is 6.11. The van der Waals surface area contributed by atoms with Gasteiger partial charge in [-0.1, -0.05) is 6.92 Å². The Morgan fingerprint density at radius 2 is 1.71 bits per heavy atom. The van der Waals surface area contributed by atoms with Crippen molar-refractivity contribution in [2.75, 3.05) is 61.6 Å². The van der Waals surface area contributed by atoms with Crippen molar-refractivity contribution in [3.63, 3.8) is 0 Å². The molecule has 0 unspecified atom stereocenters. The number of carbonyl (C=O) groups excluding carboxylic acids is 2. The topological polar surface area (TPSA) is 126 Å². The number of carbonyl (C=O) groups is 2. The number of piperidine rings is 1. The van der Waals surface area contributed by atoms with Gasteiger partial charge >= 0.3 is 5.97 Å². The minimum Gasteiger partial charge on any atom is -0.465 e. The van der Waals surface area contributed by atoms with Crippen molar-refractivity contribution >= 4 is 52.0 Å². The molecular weight excluding hydrogens is 510 g/mol. The van der Waals surface area contributed by atoms with Gasteiger partial charge in [-0.3, -0.25) is 20.2 Å². The molecule has 2 heterocycles. The molecule has 0 aliphatic carbocycles. The zero-order valence-corrected chi connectivity index (χ0v) is 22.2. The maximum atomic E-state index is 13.4. The summed E-state index contributed by atoms with van der Waals surface area (Å²) in [7, 11) is 1.30. The summed E-state index contributed by atoms with van der Waals surface area (Å²) in [5.74, 6) is -0.481. The molecule has 2 saturated heterocycles. The summed E-state index contributed by atoms with van der Waals surface area (Å²) in [4.78, 5) is 40.6. The number of ether oxygens (including phenoxy) is 2. The number of hydrogen-bond acceptors (Lipinski definition) is 9. The van der Waals surface area contributed by atoms with Crippen LogP contribution in [0.4, 0.5) is 22.7 Å². The number of amides is 1. The molecule has 2 aliphatic heterocycles. The zero-order chi connectivity index (χ0) is 27.2. The predicted molar refractivity (Wildman–Crippen MR) is 148 cm³/mol. The van der Waals surface area contributed by atoms with Crippen LogP contribution < -0.4 is 20.4 Å². The molecule has 0 aromatic heterocycles. The third kappa shape index (κ3) is 6.37. The average Bonchev–Trinajstić information content (AvgIpc) is 2.93. The van der Waals surface area contributed by atoms with Crippen molar-refractivity contribution in [3.8, 4) is 0 Å². The number of nitrogens with one attached hydrogen (secondary N) is 2. The highest BCUT2D eigenvalue weighted by atomic mass is 32.1. The van der Waals surface area contributed by atoms with Crippen LogP contribution in [0.3, 0.4) is 0 Å². The molecule has 2 fully saturated rings. The molecule has 2 aliphatic rings. The fraction of sp³-hybridized carbons (Fsp3) is 0.423. The molecule has 2 aromatic rings. The molecule has 0 spiro atoms. The van der Waals surface area contributed by atoms with Gasteiger partial charge in [0.25, 0.3) is 11.6 Å². The van der Waals surface area contributed by atoms with Crippen molar-refractivity contribution in [2.24, 2.45) is 5.92 Å². The molecule has 0 radical (unpaired) electrons. The second kappa shape index (κ2) is 12.2. The van der Waals surface area contributed by atoms with Crippen LogP contribution >= 0.6 is 12.2 Å². The van der Waals surface area contributed by atoms with Crippen molar-refractivity contribution in [2.45, 2.75) is 19.8 Å². The van der Waals surface area contributed by atoms with Crippen molar-refractivity contribution in [1.82, 2.24) is 5.32 Å². The number of methoxy groups -OCH3 is 1. The van der Waals surface area contributed by atoms with Gasteiger partial charge in [-0.25, -0.2) is 4.79 Å². The summed E-state index contributed by atoms with van der Waals surface area (Å²) in [5.41, 5.74) is 2.25. The number of non-ortho nitro benzene ring substituents is 1. The van der Waals surface area contributed by atoms with Gasteiger partial charge in [0, 0.05) is 38.3 Å². The average molecular weight is 542 g/mol. The fourth-order valence-electron chi connectivity index (χ4n) is 4.63. The third-order valence-electron chi connectivity index (χ3n) is 6.80. The lowest BCUT2D eigenvalue weighted by Gasteiger charge is -2.33. The number of nitro groups is 1. The fourth-order valence-corrected chi connectivity index (χ4v) is 4.83. The van der Waals surface area contributed by atoms with E-state index in [2.05, 4.69) is 27.4 Å². The number of rotatable bonds is 6. The molecule has 4 rings (SSSR count). The number of nitrogens with zero attached hydrogens (tertiary/aromatic N) is 3. The van der Waals surface area contributed by atoms with Gasteiger partial charge in [0.15, 0.2) is 5.11 Å². The number of morpholine rings is 1. The van der Waals surface area contributed by atoms with E-state index in [0.29, 0.717) is 49.2 Å². The van der Waals surface area contributed by atoms with E-state index in [-0.39, 0.29) is 16.4 Å². The molecule has 0 atom stereocenters. The van der Waals surface area contributed by atoms with Crippen LogP contribution in [0, 0.1) is 16.0 Å². The minimum atomic E-state index is -0.558. The zero-order valence-electron chi connectivity index (χ0n) is 21.4. The van der Waals surface area contributed by atoms with Gasteiger partial charge in [0.2, 0.25) is 0 Å². The molecule has 2 aromatic carbocycles. The van der Waals surface area contributed by atoms with E-state index in [4.69, 9.17) is 21.7 Å². The van der Waals surface area contributed by atoms with Gasteiger partial charge in [-0.05, 0) is 55.2 Å². The van der Waals surface area contributed by atoms with Crippen LogP contribution in [0.1, 0.15) is 40.5 Å². The van der Waals surface area contributed by atoms with Crippen LogP contribution in [0.25, 0.3) is 0 Å². The van der Waals surface area contributed by atoms with Gasteiger partial charge in [-0.2, -0.15) is 0 Å². The Labute approximate surface area is 226 Å². The second-order valence-electron chi connectivity index (χ2n) is 9.36. The third-order valence-corrected chi connectivity index (χ3v) is 7.01. The normalized spacial score (nSPS) is 16.1. The highest BCUT2D eigenvalue weighted by Crippen LogP contribution is 2.31. The SMILES string of the molecule is COC(=O)c1ccc(N2CCOCC2)c(NC(=S)NC(=O)c2cc([N+](=O)[O-])ccc2N2CCC(C)CC2)c1. The second-order valence-corrected chi connectivity index (χ2v) is 9.77. The number of benzene rings is 2. The molecular formula is C26H31N5O6S. The first-order valence-corrected chi connectivity index (χ1v) is 12.9. The van der Waals surface area contributed by atoms with Crippen molar-refractivity contribution in [3.05, 3.63) is 57.6 Å². The molecule has 2 N–H and O–H groups in total. The Kier molecular flexibility index (Phi) is 8.74. The Bertz CT molecular complexity index is 1220. The summed E-state index contributed by atoms with van der Waals surface area (Å²) < 4.78 is 10.3. The molecule has 11 nitrogen and oxygen atoms in total. The Morgan fingerprint density at radius 1 is 1.05 bits per heavy atom. The molecule has 0 bridgehead atoms. The summed E-state index contributed by atoms with van der Waals surface area (Å²) in [6.07, 6.45) is 1.94. The number of hydrogen-bond donors (Lipinski definition) is 2. The van der Waals surface area contributed by atoms with E-state index in [9.17, 15) is 19.7 Å². The van der Waals surface area contributed by atoms with Gasteiger partial charge in [-0.15, -0.1) is 0 Å². The van der Waals surface area contributed by atoms with Gasteiger partial charge < -0.3 is 24.6 Å². The van der Waals surface area contributed by atoms with Crippen LogP contribution in [0.15, 0.2) is 36.4 Å². The van der Waals surface area contributed by atoms with E-state index in [0.717, 1.165) is 31.6 Å². The molecule has 0 saturated carbocycles. The lowest BCUT2D eigenvalue weighted by molar-refractivity contribution is -0.384. The lowest BCUT2D eigenvalue weighted by atomic mass is 9.98. The van der Waals surface area contributed by atoms with E-state index >= 15 is 0 Å². The van der Waals surface area contributed by atoms with Crippen molar-refractivity contribution in [1.29, 1.82) is 0 Å². The number of esters is 1. The molecule has 1 amide bonds. The monoisotopic (exact) mass is 541 g/mol. The maximum Gasteiger partial charge on any atom is 0.337 e. The first-order chi connectivity index (χ1) is 18.3. The van der Waals surface area contributed by atoms with Crippen LogP contribution in [-0.2, 0) is 9.47 Å². The Morgan fingerprint density at radius 3 is 2.37 bits per heavy atom. The first kappa shape index (κ1) is 27.3. The standard InChI is InChI=1S/C26H31N5O6S/c1-17-7-9-29(10-8-17)22-6-4-19(31(34)35)16-20(22)24(32)28-26(38)27-21-15-18(25(33)36-2)3-5-23(21)30-11-13-37-14-12-30/h3-6,15-17H,7-14H2,1-2H3,(H2,27,28,32,38). The quantitative estimate of drug-likeness (QED) is 0.243. The Balaban J connectivity index is 1.57. The van der Waals surface area contributed by atoms with Gasteiger partial charge in [0.1, 0.15) is 0 Å². The summed E-state index contributed by atoms with van der Waals surface area (Å²) >= 11 is 5.46. The first-order valence-electron chi connectivity index (χ1n) is 12.5. The Hall–Kier alpha value is -3.77. The van der Waals surface area contributed by atoms with Crippen LogP contribution in [-0.4, -0.2) is 68.4 Å². The number of thiocarbonyl (C=S) groups is 1.